The normalized spacial score (nSPS) is 18.6. The summed E-state index contributed by atoms with van der Waals surface area (Å²) in [6.07, 6.45) is -4.07. The highest BCUT2D eigenvalue weighted by molar-refractivity contribution is 5.91. The predicted octanol–water partition coefficient (Wildman–Crippen LogP) is 1.63. The van der Waals surface area contributed by atoms with Crippen LogP contribution in [0.5, 0.6) is 0 Å². The van der Waals surface area contributed by atoms with E-state index >= 15 is 0 Å². The fourth-order valence-corrected chi connectivity index (χ4v) is 2.23. The van der Waals surface area contributed by atoms with E-state index in [-0.39, 0.29) is 13.2 Å². The lowest BCUT2D eigenvalue weighted by molar-refractivity contribution is -0.144. The van der Waals surface area contributed by atoms with E-state index in [0.717, 1.165) is 0 Å². The van der Waals surface area contributed by atoms with Crippen LogP contribution in [0.4, 0.5) is 23.9 Å². The first kappa shape index (κ1) is 17.0. The van der Waals surface area contributed by atoms with Crippen molar-refractivity contribution in [3.63, 3.8) is 0 Å². The first-order valence-corrected chi connectivity index (χ1v) is 7.03. The minimum atomic E-state index is -4.67. The second-order valence-electron chi connectivity index (χ2n) is 4.98. The van der Waals surface area contributed by atoms with Gasteiger partial charge in [-0.1, -0.05) is 0 Å². The largest absolute Gasteiger partial charge is 0.451 e. The molecule has 1 unspecified atom stereocenters. The molecule has 1 saturated heterocycles. The summed E-state index contributed by atoms with van der Waals surface area (Å²) in [5.41, 5.74) is 0. The molecule has 1 aromatic rings. The number of halogens is 3. The Morgan fingerprint density at radius 1 is 1.48 bits per heavy atom. The Bertz CT molecular complexity index is 575. The number of piperidine rings is 1. The van der Waals surface area contributed by atoms with E-state index < -0.39 is 35.9 Å². The van der Waals surface area contributed by atoms with Gasteiger partial charge in [0, 0.05) is 13.1 Å². The van der Waals surface area contributed by atoms with E-state index in [1.54, 1.807) is 12.0 Å². The maximum Gasteiger partial charge on any atom is 0.451 e. The third kappa shape index (κ3) is 4.33. The Morgan fingerprint density at radius 2 is 2.22 bits per heavy atom. The van der Waals surface area contributed by atoms with Crippen LogP contribution in [0.15, 0.2) is 0 Å². The standard InChI is InChI=1S/C12H16F3N5O3/c1-2-23-11(22)20-5-3-4-7(6-20)8(21)16-10-17-9(18-19-10)12(13,14)15/h7H,2-6H2,1H3,(H2,16,17,18,19,21). The molecule has 1 aliphatic rings. The van der Waals surface area contributed by atoms with Gasteiger partial charge in [-0.05, 0) is 19.8 Å². The van der Waals surface area contributed by atoms with E-state index in [0.29, 0.717) is 19.4 Å². The highest BCUT2D eigenvalue weighted by Gasteiger charge is 2.36. The number of ether oxygens (including phenoxy) is 1. The van der Waals surface area contributed by atoms with Crippen LogP contribution >= 0.6 is 0 Å². The van der Waals surface area contributed by atoms with Crippen molar-refractivity contribution in [2.75, 3.05) is 25.0 Å². The van der Waals surface area contributed by atoms with Crippen molar-refractivity contribution < 1.29 is 27.5 Å². The van der Waals surface area contributed by atoms with Crippen molar-refractivity contribution in [1.29, 1.82) is 0 Å². The third-order valence-electron chi connectivity index (χ3n) is 3.31. The molecular weight excluding hydrogens is 319 g/mol. The second kappa shape index (κ2) is 6.84. The van der Waals surface area contributed by atoms with Crippen LogP contribution < -0.4 is 5.32 Å². The minimum absolute atomic E-state index is 0.140. The Labute approximate surface area is 129 Å². The molecule has 23 heavy (non-hydrogen) atoms. The molecule has 8 nitrogen and oxygen atoms in total. The summed E-state index contributed by atoms with van der Waals surface area (Å²) in [7, 11) is 0. The van der Waals surface area contributed by atoms with E-state index in [2.05, 4.69) is 15.4 Å². The van der Waals surface area contributed by atoms with Gasteiger partial charge >= 0.3 is 12.3 Å². The fraction of sp³-hybridized carbons (Fsp3) is 0.667. The lowest BCUT2D eigenvalue weighted by Crippen LogP contribution is -2.44. The number of nitrogens with zero attached hydrogens (tertiary/aromatic N) is 3. The van der Waals surface area contributed by atoms with Gasteiger partial charge in [-0.2, -0.15) is 18.2 Å². The number of amides is 2. The number of nitrogens with one attached hydrogen (secondary N) is 2. The van der Waals surface area contributed by atoms with Gasteiger partial charge in [0.25, 0.3) is 0 Å². The first-order valence-electron chi connectivity index (χ1n) is 7.03. The summed E-state index contributed by atoms with van der Waals surface area (Å²) in [6, 6.07) is 0. The van der Waals surface area contributed by atoms with E-state index in [1.807, 2.05) is 0 Å². The number of hydrogen-bond acceptors (Lipinski definition) is 5. The van der Waals surface area contributed by atoms with E-state index in [1.165, 1.54) is 4.90 Å². The SMILES string of the molecule is CCOC(=O)N1CCCC(C(=O)Nc2n[nH]c(C(F)(F)F)n2)C1. The van der Waals surface area contributed by atoms with Crippen LogP contribution in [0, 0.1) is 5.92 Å². The monoisotopic (exact) mass is 335 g/mol. The zero-order valence-electron chi connectivity index (χ0n) is 12.3. The van der Waals surface area contributed by atoms with Gasteiger partial charge < -0.3 is 9.64 Å². The van der Waals surface area contributed by atoms with Crippen LogP contribution in [-0.4, -0.2) is 51.8 Å². The molecule has 2 amide bonds. The maximum absolute atomic E-state index is 12.4. The molecule has 0 spiro atoms. The number of aromatic nitrogens is 3. The molecule has 1 aromatic heterocycles. The van der Waals surface area contributed by atoms with E-state index in [4.69, 9.17) is 4.74 Å². The van der Waals surface area contributed by atoms with Gasteiger partial charge in [0.05, 0.1) is 12.5 Å². The van der Waals surface area contributed by atoms with Crippen molar-refractivity contribution in [2.45, 2.75) is 25.9 Å². The second-order valence-corrected chi connectivity index (χ2v) is 4.98. The van der Waals surface area contributed by atoms with Crippen LogP contribution in [0.25, 0.3) is 0 Å². The van der Waals surface area contributed by atoms with Crippen LogP contribution in [-0.2, 0) is 15.7 Å². The summed E-state index contributed by atoms with van der Waals surface area (Å²) in [5, 5.41) is 7.24. The number of H-pyrrole nitrogens is 1. The molecule has 2 heterocycles. The molecule has 0 saturated carbocycles. The molecule has 2 rings (SSSR count). The van der Waals surface area contributed by atoms with Gasteiger partial charge in [0.1, 0.15) is 0 Å². The summed E-state index contributed by atoms with van der Waals surface area (Å²) in [6.45, 7) is 2.51. The van der Waals surface area contributed by atoms with Crippen molar-refractivity contribution in [1.82, 2.24) is 20.1 Å². The summed E-state index contributed by atoms with van der Waals surface area (Å²) >= 11 is 0. The molecule has 11 heteroatoms. The fourth-order valence-electron chi connectivity index (χ4n) is 2.23. The molecular formula is C12H16F3N5O3. The van der Waals surface area contributed by atoms with Gasteiger partial charge in [-0.25, -0.2) is 4.79 Å². The van der Waals surface area contributed by atoms with Crippen molar-refractivity contribution in [3.05, 3.63) is 5.82 Å². The first-order chi connectivity index (χ1) is 10.8. The third-order valence-corrected chi connectivity index (χ3v) is 3.31. The van der Waals surface area contributed by atoms with Crippen LogP contribution in [0.3, 0.4) is 0 Å². The average Bonchev–Trinajstić information content (AvgIpc) is 2.96. The minimum Gasteiger partial charge on any atom is -0.450 e. The van der Waals surface area contributed by atoms with Gasteiger partial charge in [0.2, 0.25) is 17.7 Å². The molecule has 0 aliphatic carbocycles. The maximum atomic E-state index is 12.4. The topological polar surface area (TPSA) is 100 Å². The van der Waals surface area contributed by atoms with Crippen molar-refractivity contribution in [3.8, 4) is 0 Å². The van der Waals surface area contributed by atoms with Gasteiger partial charge in [-0.3, -0.25) is 15.2 Å². The molecule has 1 fully saturated rings. The number of aromatic amines is 1. The highest BCUT2D eigenvalue weighted by atomic mass is 19.4. The molecule has 0 aromatic carbocycles. The molecule has 1 atom stereocenters. The number of likely N-dealkylation sites (tertiary alicyclic amines) is 1. The summed E-state index contributed by atoms with van der Waals surface area (Å²) in [4.78, 5) is 28.3. The van der Waals surface area contributed by atoms with Crippen molar-refractivity contribution >= 4 is 17.9 Å². The van der Waals surface area contributed by atoms with Crippen LogP contribution in [0.1, 0.15) is 25.6 Å². The zero-order chi connectivity index (χ0) is 17.0. The summed E-state index contributed by atoms with van der Waals surface area (Å²) < 4.78 is 42.1. The predicted molar refractivity (Wildman–Crippen MR) is 71.3 cm³/mol. The lowest BCUT2D eigenvalue weighted by atomic mass is 9.97. The number of hydrogen-bond donors (Lipinski definition) is 2. The highest BCUT2D eigenvalue weighted by Crippen LogP contribution is 2.26. The van der Waals surface area contributed by atoms with Gasteiger partial charge in [-0.15, -0.1) is 5.10 Å². The number of anilines is 1. The molecule has 128 valence electrons. The Kier molecular flexibility index (Phi) is 5.06. The smallest absolute Gasteiger partial charge is 0.450 e. The molecule has 0 bridgehead atoms. The van der Waals surface area contributed by atoms with Crippen molar-refractivity contribution in [2.24, 2.45) is 5.92 Å². The van der Waals surface area contributed by atoms with Gasteiger partial charge in [0.15, 0.2) is 0 Å². The zero-order valence-corrected chi connectivity index (χ0v) is 12.3. The van der Waals surface area contributed by atoms with E-state index in [9.17, 15) is 22.8 Å². The molecule has 2 N–H and O–H groups in total. The Balaban J connectivity index is 1.95. The Morgan fingerprint density at radius 3 is 2.83 bits per heavy atom. The number of carbonyl (C=O) groups is 2. The Hall–Kier alpha value is -2.33. The number of carbonyl (C=O) groups excluding carboxylic acids is 2. The number of rotatable bonds is 3. The quantitative estimate of drug-likeness (QED) is 0.874. The lowest BCUT2D eigenvalue weighted by Gasteiger charge is -2.30. The summed E-state index contributed by atoms with van der Waals surface area (Å²) in [5.74, 6) is -2.83. The molecule has 0 radical (unpaired) electrons. The number of alkyl halides is 3. The molecule has 1 aliphatic heterocycles. The van der Waals surface area contributed by atoms with Crippen LogP contribution in [0.2, 0.25) is 0 Å². The average molecular weight is 335 g/mol.